The molecule has 8 nitrogen and oxygen atoms in total. The maximum absolute atomic E-state index is 12.4. The summed E-state index contributed by atoms with van der Waals surface area (Å²) >= 11 is 0. The van der Waals surface area contributed by atoms with Gasteiger partial charge in [0, 0.05) is 32.7 Å². The number of carbonyl (C=O) groups is 2. The molecule has 0 saturated carbocycles. The molecule has 0 bridgehead atoms. The molecule has 1 aliphatic rings. The summed E-state index contributed by atoms with van der Waals surface area (Å²) < 4.78 is 10.3. The van der Waals surface area contributed by atoms with E-state index in [9.17, 15) is 9.59 Å². The molecule has 0 atom stereocenters. The average Bonchev–Trinajstić information content (AvgIpc) is 2.64. The highest BCUT2D eigenvalue weighted by atomic mass is 16.6. The number of nitrogens with one attached hydrogen (secondary N) is 1. The molecular formula is C20H38N4O4. The smallest absolute Gasteiger partial charge is 0.410 e. The van der Waals surface area contributed by atoms with Gasteiger partial charge in [0.05, 0.1) is 19.6 Å². The summed E-state index contributed by atoms with van der Waals surface area (Å²) in [4.78, 5) is 32.6. The Morgan fingerprint density at radius 1 is 1.18 bits per heavy atom. The van der Waals surface area contributed by atoms with E-state index in [1.807, 2.05) is 34.6 Å². The van der Waals surface area contributed by atoms with Gasteiger partial charge in [0.25, 0.3) is 0 Å². The number of esters is 1. The zero-order chi connectivity index (χ0) is 21.2. The summed E-state index contributed by atoms with van der Waals surface area (Å²) in [5, 5.41) is 3.31. The molecule has 0 spiro atoms. The molecule has 0 aromatic rings. The maximum Gasteiger partial charge on any atom is 0.410 e. The number of rotatable bonds is 7. The molecule has 1 heterocycles. The monoisotopic (exact) mass is 398 g/mol. The van der Waals surface area contributed by atoms with Gasteiger partial charge in [-0.1, -0.05) is 6.92 Å². The minimum atomic E-state index is -0.509. The van der Waals surface area contributed by atoms with Crippen molar-refractivity contribution in [2.75, 3.05) is 46.4 Å². The highest BCUT2D eigenvalue weighted by Gasteiger charge is 2.27. The van der Waals surface area contributed by atoms with E-state index in [0.717, 1.165) is 44.9 Å². The lowest BCUT2D eigenvalue weighted by Crippen LogP contribution is -2.47. The SMILES string of the molecule is CCCN(CCN=C(NCC)N1CCC(C(=O)OC)CC1)C(=O)OC(C)(C)C. The molecule has 1 rings (SSSR count). The largest absolute Gasteiger partial charge is 0.469 e. The van der Waals surface area contributed by atoms with Gasteiger partial charge < -0.3 is 24.6 Å². The number of guanidine groups is 1. The van der Waals surface area contributed by atoms with E-state index in [1.54, 1.807) is 4.90 Å². The fourth-order valence-electron chi connectivity index (χ4n) is 3.09. The van der Waals surface area contributed by atoms with E-state index in [4.69, 9.17) is 14.5 Å². The second-order valence-corrected chi connectivity index (χ2v) is 7.99. The molecule has 1 fully saturated rings. The molecule has 1 N–H and O–H groups in total. The molecule has 0 unspecified atom stereocenters. The van der Waals surface area contributed by atoms with Gasteiger partial charge in [-0.05, 0) is 47.0 Å². The van der Waals surface area contributed by atoms with Crippen molar-refractivity contribution in [2.24, 2.45) is 10.9 Å². The van der Waals surface area contributed by atoms with Crippen molar-refractivity contribution >= 4 is 18.0 Å². The van der Waals surface area contributed by atoms with Gasteiger partial charge in [0.1, 0.15) is 5.60 Å². The standard InChI is InChI=1S/C20H38N4O4/c1-7-12-24(19(26)28-20(3,4)5)15-11-22-18(21-8-2)23-13-9-16(10-14-23)17(25)27-6/h16H,7-15H2,1-6H3,(H,21,22). The van der Waals surface area contributed by atoms with Crippen LogP contribution in [0.1, 0.15) is 53.9 Å². The van der Waals surface area contributed by atoms with Crippen LogP contribution in [-0.2, 0) is 14.3 Å². The molecule has 0 aromatic carbocycles. The van der Waals surface area contributed by atoms with Crippen LogP contribution in [0.15, 0.2) is 4.99 Å². The summed E-state index contributed by atoms with van der Waals surface area (Å²) in [7, 11) is 1.44. The molecular weight excluding hydrogens is 360 g/mol. The summed E-state index contributed by atoms with van der Waals surface area (Å²) in [5.74, 6) is 0.664. The first-order chi connectivity index (χ1) is 13.2. The van der Waals surface area contributed by atoms with E-state index in [2.05, 4.69) is 10.2 Å². The van der Waals surface area contributed by atoms with Gasteiger partial charge in [0.15, 0.2) is 5.96 Å². The zero-order valence-electron chi connectivity index (χ0n) is 18.4. The van der Waals surface area contributed by atoms with Gasteiger partial charge in [-0.2, -0.15) is 0 Å². The fraction of sp³-hybridized carbons (Fsp3) is 0.850. The molecule has 1 aliphatic heterocycles. The molecule has 162 valence electrons. The predicted molar refractivity (Wildman–Crippen MR) is 110 cm³/mol. The third-order valence-corrected chi connectivity index (χ3v) is 4.44. The number of likely N-dealkylation sites (tertiary alicyclic amines) is 1. The Bertz CT molecular complexity index is 523. The highest BCUT2D eigenvalue weighted by Crippen LogP contribution is 2.18. The lowest BCUT2D eigenvalue weighted by molar-refractivity contribution is -0.146. The first-order valence-corrected chi connectivity index (χ1v) is 10.3. The van der Waals surface area contributed by atoms with E-state index in [0.29, 0.717) is 19.6 Å². The number of hydrogen-bond donors (Lipinski definition) is 1. The number of amides is 1. The van der Waals surface area contributed by atoms with Crippen molar-refractivity contribution in [2.45, 2.75) is 59.5 Å². The van der Waals surface area contributed by atoms with Crippen LogP contribution in [0.25, 0.3) is 0 Å². The van der Waals surface area contributed by atoms with Crippen molar-refractivity contribution in [1.29, 1.82) is 0 Å². The Morgan fingerprint density at radius 2 is 1.82 bits per heavy atom. The quantitative estimate of drug-likeness (QED) is 0.403. The average molecular weight is 399 g/mol. The second kappa shape index (κ2) is 11.8. The van der Waals surface area contributed by atoms with Gasteiger partial charge >= 0.3 is 12.1 Å². The number of nitrogens with zero attached hydrogens (tertiary/aromatic N) is 3. The van der Waals surface area contributed by atoms with Gasteiger partial charge in [-0.15, -0.1) is 0 Å². The molecule has 1 amide bonds. The van der Waals surface area contributed by atoms with Crippen LogP contribution in [0.4, 0.5) is 4.79 Å². The Labute approximate surface area is 169 Å². The second-order valence-electron chi connectivity index (χ2n) is 7.99. The first-order valence-electron chi connectivity index (χ1n) is 10.3. The molecule has 0 aliphatic carbocycles. The lowest BCUT2D eigenvalue weighted by Gasteiger charge is -2.33. The minimum Gasteiger partial charge on any atom is -0.469 e. The molecule has 0 radical (unpaired) electrons. The van der Waals surface area contributed by atoms with E-state index in [-0.39, 0.29) is 18.0 Å². The number of ether oxygens (including phenoxy) is 2. The van der Waals surface area contributed by atoms with Crippen LogP contribution in [0.5, 0.6) is 0 Å². The zero-order valence-corrected chi connectivity index (χ0v) is 18.4. The number of carbonyl (C=O) groups excluding carboxylic acids is 2. The van der Waals surface area contributed by atoms with Crippen molar-refractivity contribution < 1.29 is 19.1 Å². The third-order valence-electron chi connectivity index (χ3n) is 4.44. The van der Waals surface area contributed by atoms with E-state index < -0.39 is 5.60 Å². The van der Waals surface area contributed by atoms with Gasteiger partial charge in [-0.25, -0.2) is 4.79 Å². The maximum atomic E-state index is 12.4. The Hall–Kier alpha value is -1.99. The van der Waals surface area contributed by atoms with Crippen LogP contribution in [0.2, 0.25) is 0 Å². The van der Waals surface area contributed by atoms with Gasteiger partial charge in [-0.3, -0.25) is 9.79 Å². The van der Waals surface area contributed by atoms with Crippen molar-refractivity contribution in [3.8, 4) is 0 Å². The predicted octanol–water partition coefficient (Wildman–Crippen LogP) is 2.48. The first kappa shape index (κ1) is 24.0. The topological polar surface area (TPSA) is 83.5 Å². The molecule has 1 saturated heterocycles. The summed E-state index contributed by atoms with van der Waals surface area (Å²) in [6.07, 6.45) is 2.09. The number of piperidine rings is 1. The lowest BCUT2D eigenvalue weighted by atomic mass is 9.97. The van der Waals surface area contributed by atoms with Gasteiger partial charge in [0.2, 0.25) is 0 Å². The Kier molecular flexibility index (Phi) is 10.1. The highest BCUT2D eigenvalue weighted by molar-refractivity contribution is 5.80. The molecule has 0 aromatic heterocycles. The van der Waals surface area contributed by atoms with E-state index in [1.165, 1.54) is 7.11 Å². The third kappa shape index (κ3) is 8.35. The van der Waals surface area contributed by atoms with Crippen molar-refractivity contribution in [3.05, 3.63) is 0 Å². The van der Waals surface area contributed by atoms with Crippen LogP contribution in [0, 0.1) is 5.92 Å². The minimum absolute atomic E-state index is 0.0312. The van der Waals surface area contributed by atoms with E-state index >= 15 is 0 Å². The number of methoxy groups -OCH3 is 1. The Morgan fingerprint density at radius 3 is 2.32 bits per heavy atom. The van der Waals surface area contributed by atoms with Crippen molar-refractivity contribution in [1.82, 2.24) is 15.1 Å². The van der Waals surface area contributed by atoms with Crippen LogP contribution >= 0.6 is 0 Å². The summed E-state index contributed by atoms with van der Waals surface area (Å²) in [6, 6.07) is 0. The normalized spacial score (nSPS) is 15.9. The number of hydrogen-bond acceptors (Lipinski definition) is 5. The Balaban J connectivity index is 2.65. The summed E-state index contributed by atoms with van der Waals surface area (Å²) in [5.41, 5.74) is -0.509. The van der Waals surface area contributed by atoms with Crippen LogP contribution in [0.3, 0.4) is 0 Å². The molecule has 28 heavy (non-hydrogen) atoms. The van der Waals surface area contributed by atoms with Crippen LogP contribution < -0.4 is 5.32 Å². The fourth-order valence-corrected chi connectivity index (χ4v) is 3.09. The number of aliphatic imine (C=N–C) groups is 1. The van der Waals surface area contributed by atoms with Crippen molar-refractivity contribution in [3.63, 3.8) is 0 Å². The molecule has 8 heteroatoms. The van der Waals surface area contributed by atoms with Crippen LogP contribution in [-0.4, -0.2) is 79.8 Å². The summed E-state index contributed by atoms with van der Waals surface area (Å²) in [6.45, 7) is 13.6.